The van der Waals surface area contributed by atoms with E-state index in [1.807, 2.05) is 25.1 Å². The van der Waals surface area contributed by atoms with Crippen molar-refractivity contribution < 1.29 is 9.32 Å². The van der Waals surface area contributed by atoms with E-state index in [1.165, 1.54) is 11.3 Å². The molecule has 0 saturated carbocycles. The first kappa shape index (κ1) is 16.8. The maximum absolute atomic E-state index is 12.4. The highest BCUT2D eigenvalue weighted by atomic mass is 32.1. The molecule has 3 heterocycles. The summed E-state index contributed by atoms with van der Waals surface area (Å²) in [6.45, 7) is 3.52. The Hall–Kier alpha value is -2.65. The molecule has 9 heteroatoms. The molecular formula is C17H18N6O2S. The predicted octanol–water partition coefficient (Wildman–Crippen LogP) is 2.82. The fourth-order valence-corrected chi connectivity index (χ4v) is 3.63. The zero-order chi connectivity index (χ0) is 17.9. The van der Waals surface area contributed by atoms with E-state index in [9.17, 15) is 4.79 Å². The van der Waals surface area contributed by atoms with Gasteiger partial charge in [0.1, 0.15) is 5.51 Å². The summed E-state index contributed by atoms with van der Waals surface area (Å²) in [5.41, 5.74) is 3.25. The number of carbonyl (C=O) groups is 1. The number of nitrogens with zero attached hydrogens (tertiary/aromatic N) is 5. The highest BCUT2D eigenvalue weighted by molar-refractivity contribution is 7.13. The van der Waals surface area contributed by atoms with Crippen LogP contribution in [0.25, 0.3) is 0 Å². The highest BCUT2D eigenvalue weighted by Gasteiger charge is 2.30. The Morgan fingerprint density at radius 3 is 3.15 bits per heavy atom. The molecule has 0 radical (unpaired) electrons. The molecule has 1 fully saturated rings. The fraction of sp³-hybridized carbons (Fsp3) is 0.353. The van der Waals surface area contributed by atoms with Gasteiger partial charge in [0.15, 0.2) is 5.82 Å². The lowest BCUT2D eigenvalue weighted by Crippen LogP contribution is -2.23. The second kappa shape index (κ2) is 7.30. The van der Waals surface area contributed by atoms with Gasteiger partial charge in [-0.2, -0.15) is 4.98 Å². The Labute approximate surface area is 154 Å². The number of rotatable bonds is 5. The van der Waals surface area contributed by atoms with Crippen molar-refractivity contribution in [1.29, 1.82) is 0 Å². The molecule has 4 rings (SSSR count). The monoisotopic (exact) mass is 370 g/mol. The summed E-state index contributed by atoms with van der Waals surface area (Å²) < 4.78 is 5.36. The molecule has 1 aromatic carbocycles. The lowest BCUT2D eigenvalue weighted by molar-refractivity contribution is 0.102. The molecule has 0 unspecified atom stereocenters. The highest BCUT2D eigenvalue weighted by Crippen LogP contribution is 2.32. The van der Waals surface area contributed by atoms with Crippen LogP contribution in [-0.2, 0) is 6.54 Å². The van der Waals surface area contributed by atoms with Gasteiger partial charge in [-0.15, -0.1) is 10.2 Å². The van der Waals surface area contributed by atoms with Crippen molar-refractivity contribution in [3.05, 3.63) is 52.6 Å². The Balaban J connectivity index is 1.47. The molecule has 0 bridgehead atoms. The zero-order valence-electron chi connectivity index (χ0n) is 14.3. The fourth-order valence-electron chi connectivity index (χ4n) is 3.19. The van der Waals surface area contributed by atoms with Gasteiger partial charge in [0, 0.05) is 12.1 Å². The van der Waals surface area contributed by atoms with E-state index in [2.05, 4.69) is 30.6 Å². The molecule has 2 aromatic heterocycles. The molecule has 1 atom stereocenters. The average Bonchev–Trinajstić information content (AvgIpc) is 3.37. The molecule has 134 valence electrons. The summed E-state index contributed by atoms with van der Waals surface area (Å²) >= 11 is 1.29. The first-order valence-electron chi connectivity index (χ1n) is 8.40. The quantitative estimate of drug-likeness (QED) is 0.737. The van der Waals surface area contributed by atoms with Crippen LogP contribution in [0.15, 0.2) is 34.3 Å². The second-order valence-corrected chi connectivity index (χ2v) is 7.04. The molecule has 1 aliphatic heterocycles. The van der Waals surface area contributed by atoms with Gasteiger partial charge in [-0.25, -0.2) is 0 Å². The van der Waals surface area contributed by atoms with E-state index >= 15 is 0 Å². The van der Waals surface area contributed by atoms with Crippen LogP contribution in [0.1, 0.15) is 46.5 Å². The Kier molecular flexibility index (Phi) is 4.72. The van der Waals surface area contributed by atoms with Crippen LogP contribution in [-0.4, -0.2) is 37.7 Å². The number of anilines is 1. The van der Waals surface area contributed by atoms with E-state index < -0.39 is 0 Å². The number of carbonyl (C=O) groups excluding carboxylic acids is 1. The number of aryl methyl sites for hydroxylation is 1. The van der Waals surface area contributed by atoms with Gasteiger partial charge >= 0.3 is 0 Å². The standard InChI is InChI=1S/C17H18N6O2S/c1-11-19-16(25-22-11)14-6-3-7-23(14)9-12-4-2-5-13(8-12)15(24)20-17-21-18-10-26-17/h2,4-5,8,10,14H,3,6-7,9H2,1H3,(H,20,21,24)/t14-/m1/s1. The zero-order valence-corrected chi connectivity index (χ0v) is 15.1. The summed E-state index contributed by atoms with van der Waals surface area (Å²) in [5.74, 6) is 1.14. The van der Waals surface area contributed by atoms with Crippen LogP contribution in [0.5, 0.6) is 0 Å². The average molecular weight is 370 g/mol. The number of amides is 1. The van der Waals surface area contributed by atoms with Gasteiger partial charge in [-0.1, -0.05) is 28.6 Å². The Bertz CT molecular complexity index is 894. The number of hydrogen-bond donors (Lipinski definition) is 1. The minimum absolute atomic E-state index is 0.134. The minimum atomic E-state index is -0.186. The van der Waals surface area contributed by atoms with Crippen LogP contribution >= 0.6 is 11.3 Å². The molecule has 1 aliphatic rings. The number of likely N-dealkylation sites (tertiary alicyclic amines) is 1. The van der Waals surface area contributed by atoms with Gasteiger partial charge in [0.2, 0.25) is 11.0 Å². The molecule has 0 aliphatic carbocycles. The van der Waals surface area contributed by atoms with Crippen molar-refractivity contribution in [2.24, 2.45) is 0 Å². The smallest absolute Gasteiger partial charge is 0.257 e. The first-order valence-corrected chi connectivity index (χ1v) is 9.28. The van der Waals surface area contributed by atoms with Crippen LogP contribution in [0.4, 0.5) is 5.13 Å². The maximum Gasteiger partial charge on any atom is 0.257 e. The van der Waals surface area contributed by atoms with Crippen molar-refractivity contribution in [1.82, 2.24) is 25.2 Å². The Morgan fingerprint density at radius 1 is 1.46 bits per heavy atom. The normalized spacial score (nSPS) is 17.5. The van der Waals surface area contributed by atoms with Crippen molar-refractivity contribution in [2.75, 3.05) is 11.9 Å². The second-order valence-electron chi connectivity index (χ2n) is 6.21. The molecule has 26 heavy (non-hydrogen) atoms. The summed E-state index contributed by atoms with van der Waals surface area (Å²) in [5, 5.41) is 14.7. The van der Waals surface area contributed by atoms with Gasteiger partial charge in [0.25, 0.3) is 5.91 Å². The van der Waals surface area contributed by atoms with E-state index in [1.54, 1.807) is 11.6 Å². The molecule has 8 nitrogen and oxygen atoms in total. The van der Waals surface area contributed by atoms with Crippen molar-refractivity contribution in [3.8, 4) is 0 Å². The first-order chi connectivity index (χ1) is 12.7. The predicted molar refractivity (Wildman–Crippen MR) is 95.7 cm³/mol. The Morgan fingerprint density at radius 2 is 2.38 bits per heavy atom. The molecular weight excluding hydrogens is 352 g/mol. The lowest BCUT2D eigenvalue weighted by atomic mass is 10.1. The van der Waals surface area contributed by atoms with Crippen LogP contribution in [0, 0.1) is 6.92 Å². The maximum atomic E-state index is 12.4. The van der Waals surface area contributed by atoms with Crippen molar-refractivity contribution in [3.63, 3.8) is 0 Å². The summed E-state index contributed by atoms with van der Waals surface area (Å²) in [4.78, 5) is 19.1. The lowest BCUT2D eigenvalue weighted by Gasteiger charge is -2.21. The summed E-state index contributed by atoms with van der Waals surface area (Å²) in [7, 11) is 0. The minimum Gasteiger partial charge on any atom is -0.338 e. The SMILES string of the molecule is Cc1noc([C@H]2CCCN2Cc2cccc(C(=O)Nc3nncs3)c2)n1. The van der Waals surface area contributed by atoms with Gasteiger partial charge < -0.3 is 4.52 Å². The van der Waals surface area contributed by atoms with Crippen LogP contribution < -0.4 is 5.32 Å². The van der Waals surface area contributed by atoms with Crippen molar-refractivity contribution >= 4 is 22.4 Å². The van der Waals surface area contributed by atoms with E-state index in [4.69, 9.17) is 4.52 Å². The molecule has 1 amide bonds. The van der Waals surface area contributed by atoms with Gasteiger partial charge in [0.05, 0.1) is 6.04 Å². The van der Waals surface area contributed by atoms with E-state index in [-0.39, 0.29) is 11.9 Å². The topological polar surface area (TPSA) is 97.0 Å². The molecule has 0 spiro atoms. The van der Waals surface area contributed by atoms with E-state index in [0.29, 0.717) is 22.4 Å². The number of aromatic nitrogens is 4. The third-order valence-corrected chi connectivity index (χ3v) is 4.95. The number of nitrogens with one attached hydrogen (secondary N) is 1. The van der Waals surface area contributed by atoms with E-state index in [0.717, 1.165) is 31.5 Å². The van der Waals surface area contributed by atoms with Crippen LogP contribution in [0.2, 0.25) is 0 Å². The van der Waals surface area contributed by atoms with Crippen molar-refractivity contribution in [2.45, 2.75) is 32.4 Å². The number of hydrogen-bond acceptors (Lipinski definition) is 8. The summed E-state index contributed by atoms with van der Waals surface area (Å²) in [6, 6.07) is 7.76. The molecule has 1 N–H and O–H groups in total. The van der Waals surface area contributed by atoms with Crippen LogP contribution in [0.3, 0.4) is 0 Å². The molecule has 1 saturated heterocycles. The third kappa shape index (κ3) is 3.63. The largest absolute Gasteiger partial charge is 0.338 e. The number of benzene rings is 1. The van der Waals surface area contributed by atoms with Gasteiger partial charge in [-0.05, 0) is 44.0 Å². The third-order valence-electron chi connectivity index (χ3n) is 4.35. The summed E-state index contributed by atoms with van der Waals surface area (Å²) in [6.07, 6.45) is 2.09. The molecule has 3 aromatic rings. The van der Waals surface area contributed by atoms with Gasteiger partial charge in [-0.3, -0.25) is 15.0 Å².